The van der Waals surface area contributed by atoms with Crippen LogP contribution in [-0.2, 0) is 0 Å². The first kappa shape index (κ1) is 13.7. The van der Waals surface area contributed by atoms with Gasteiger partial charge in [0, 0.05) is 11.8 Å². The molecule has 2 saturated carbocycles. The van der Waals surface area contributed by atoms with Crippen LogP contribution in [0.4, 0.5) is 5.69 Å². The quantitative estimate of drug-likeness (QED) is 0.886. The number of hydrogen-bond donors (Lipinski definition) is 2. The molecule has 110 valence electrons. The molecule has 0 spiro atoms. The van der Waals surface area contributed by atoms with Gasteiger partial charge in [-0.25, -0.2) is 0 Å². The van der Waals surface area contributed by atoms with Gasteiger partial charge in [0.2, 0.25) is 0 Å². The van der Waals surface area contributed by atoms with Crippen LogP contribution in [0.2, 0.25) is 0 Å². The van der Waals surface area contributed by atoms with Gasteiger partial charge in [-0.1, -0.05) is 25.3 Å². The summed E-state index contributed by atoms with van der Waals surface area (Å²) in [6, 6.07) is 8.18. The van der Waals surface area contributed by atoms with Gasteiger partial charge in [-0.2, -0.15) is 0 Å². The van der Waals surface area contributed by atoms with Crippen molar-refractivity contribution in [1.29, 1.82) is 0 Å². The summed E-state index contributed by atoms with van der Waals surface area (Å²) in [4.78, 5) is 0. The van der Waals surface area contributed by atoms with Gasteiger partial charge >= 0.3 is 0 Å². The van der Waals surface area contributed by atoms with Crippen LogP contribution in [0.5, 0.6) is 5.75 Å². The SMILES string of the molecule is COc1cccc(N[C@H]2CCC[C@H]3CCCC[C@@]32O)c1. The molecule has 20 heavy (non-hydrogen) atoms. The van der Waals surface area contributed by atoms with Crippen molar-refractivity contribution in [2.75, 3.05) is 12.4 Å². The third kappa shape index (κ3) is 2.51. The molecule has 3 rings (SSSR count). The van der Waals surface area contributed by atoms with E-state index >= 15 is 0 Å². The lowest BCUT2D eigenvalue weighted by molar-refractivity contribution is -0.0835. The maximum absolute atomic E-state index is 11.1. The van der Waals surface area contributed by atoms with Gasteiger partial charge in [-0.3, -0.25) is 0 Å². The van der Waals surface area contributed by atoms with E-state index in [-0.39, 0.29) is 6.04 Å². The Morgan fingerprint density at radius 3 is 2.90 bits per heavy atom. The molecule has 3 atom stereocenters. The molecule has 0 heterocycles. The molecule has 3 nitrogen and oxygen atoms in total. The Kier molecular flexibility index (Phi) is 3.88. The standard InChI is InChI=1S/C17H25NO2/c1-20-15-9-5-8-14(12-15)18-16-10-4-7-13-6-2-3-11-17(13,16)19/h5,8-9,12-13,16,18-19H,2-4,6-7,10-11H2,1H3/t13-,16+,17-/m1/s1. The molecule has 1 aromatic carbocycles. The summed E-state index contributed by atoms with van der Waals surface area (Å²) in [5.41, 5.74) is 0.536. The Morgan fingerprint density at radius 1 is 1.20 bits per heavy atom. The molecule has 0 aromatic heterocycles. The number of anilines is 1. The summed E-state index contributed by atoms with van der Waals surface area (Å²) in [6.07, 6.45) is 8.03. The molecule has 2 N–H and O–H groups in total. The zero-order valence-electron chi connectivity index (χ0n) is 12.3. The van der Waals surface area contributed by atoms with Crippen LogP contribution >= 0.6 is 0 Å². The molecule has 0 unspecified atom stereocenters. The third-order valence-corrected chi connectivity index (χ3v) is 5.15. The molecule has 3 heteroatoms. The second-order valence-electron chi connectivity index (χ2n) is 6.29. The highest BCUT2D eigenvalue weighted by Crippen LogP contribution is 2.44. The maximum atomic E-state index is 11.1. The van der Waals surface area contributed by atoms with Crippen molar-refractivity contribution in [3.63, 3.8) is 0 Å². The minimum absolute atomic E-state index is 0.175. The second-order valence-corrected chi connectivity index (χ2v) is 6.29. The lowest BCUT2D eigenvalue weighted by atomic mass is 9.65. The number of methoxy groups -OCH3 is 1. The molecule has 0 radical (unpaired) electrons. The molecule has 2 fully saturated rings. The van der Waals surface area contributed by atoms with Crippen molar-refractivity contribution in [2.45, 2.75) is 56.6 Å². The average Bonchev–Trinajstić information content (AvgIpc) is 2.48. The van der Waals surface area contributed by atoms with Gasteiger partial charge in [-0.15, -0.1) is 0 Å². The highest BCUT2D eigenvalue weighted by molar-refractivity contribution is 5.49. The Bertz CT molecular complexity index is 460. The molecule has 0 bridgehead atoms. The maximum Gasteiger partial charge on any atom is 0.120 e. The molecule has 0 aliphatic heterocycles. The summed E-state index contributed by atoms with van der Waals surface area (Å²) in [5, 5.41) is 14.7. The third-order valence-electron chi connectivity index (χ3n) is 5.15. The number of ether oxygens (including phenoxy) is 1. The Balaban J connectivity index is 1.77. The number of fused-ring (bicyclic) bond motifs is 1. The smallest absolute Gasteiger partial charge is 0.120 e. The zero-order valence-corrected chi connectivity index (χ0v) is 12.3. The lowest BCUT2D eigenvalue weighted by Gasteiger charge is -2.49. The highest BCUT2D eigenvalue weighted by Gasteiger charge is 2.47. The number of hydrogen-bond acceptors (Lipinski definition) is 3. The van der Waals surface area contributed by atoms with Gasteiger partial charge in [0.05, 0.1) is 18.8 Å². The normalized spacial score (nSPS) is 33.3. The Labute approximate surface area is 121 Å². The minimum Gasteiger partial charge on any atom is -0.497 e. The van der Waals surface area contributed by atoms with E-state index in [9.17, 15) is 5.11 Å². The predicted molar refractivity (Wildman–Crippen MR) is 81.2 cm³/mol. The van der Waals surface area contributed by atoms with Crippen molar-refractivity contribution in [2.24, 2.45) is 5.92 Å². The van der Waals surface area contributed by atoms with E-state index in [2.05, 4.69) is 11.4 Å². The first-order valence-electron chi connectivity index (χ1n) is 7.85. The zero-order chi connectivity index (χ0) is 14.0. The van der Waals surface area contributed by atoms with E-state index in [0.29, 0.717) is 5.92 Å². The van der Waals surface area contributed by atoms with Gasteiger partial charge in [0.1, 0.15) is 5.75 Å². The van der Waals surface area contributed by atoms with Crippen LogP contribution < -0.4 is 10.1 Å². The molecular weight excluding hydrogens is 250 g/mol. The van der Waals surface area contributed by atoms with Gasteiger partial charge in [0.25, 0.3) is 0 Å². The average molecular weight is 275 g/mol. The van der Waals surface area contributed by atoms with Gasteiger partial charge in [0.15, 0.2) is 0 Å². The summed E-state index contributed by atoms with van der Waals surface area (Å²) >= 11 is 0. The van der Waals surface area contributed by atoms with Crippen molar-refractivity contribution >= 4 is 5.69 Å². The summed E-state index contributed by atoms with van der Waals surface area (Å²) < 4.78 is 5.27. The molecular formula is C17H25NO2. The van der Waals surface area contributed by atoms with Crippen molar-refractivity contribution < 1.29 is 9.84 Å². The van der Waals surface area contributed by atoms with E-state index in [1.54, 1.807) is 7.11 Å². The van der Waals surface area contributed by atoms with Gasteiger partial charge < -0.3 is 15.2 Å². The van der Waals surface area contributed by atoms with E-state index < -0.39 is 5.60 Å². The number of rotatable bonds is 3. The first-order chi connectivity index (χ1) is 9.72. The lowest BCUT2D eigenvalue weighted by Crippen LogP contribution is -2.56. The van der Waals surface area contributed by atoms with Crippen molar-refractivity contribution in [3.8, 4) is 5.75 Å². The molecule has 2 aliphatic rings. The fraction of sp³-hybridized carbons (Fsp3) is 0.647. The van der Waals surface area contributed by atoms with E-state index in [4.69, 9.17) is 4.74 Å². The van der Waals surface area contributed by atoms with E-state index in [1.165, 1.54) is 25.7 Å². The van der Waals surface area contributed by atoms with E-state index in [1.807, 2.05) is 18.2 Å². The van der Waals surface area contributed by atoms with Gasteiger partial charge in [-0.05, 0) is 43.7 Å². The van der Waals surface area contributed by atoms with Crippen molar-refractivity contribution in [3.05, 3.63) is 24.3 Å². The first-order valence-corrected chi connectivity index (χ1v) is 7.85. The van der Waals surface area contributed by atoms with Crippen LogP contribution in [0, 0.1) is 5.92 Å². The topological polar surface area (TPSA) is 41.5 Å². The van der Waals surface area contributed by atoms with Crippen LogP contribution in [0.3, 0.4) is 0 Å². The summed E-state index contributed by atoms with van der Waals surface area (Å²) in [5.74, 6) is 1.34. The highest BCUT2D eigenvalue weighted by atomic mass is 16.5. The Morgan fingerprint density at radius 2 is 2.05 bits per heavy atom. The second kappa shape index (κ2) is 5.65. The largest absolute Gasteiger partial charge is 0.497 e. The fourth-order valence-electron chi connectivity index (χ4n) is 4.04. The Hall–Kier alpha value is -1.22. The molecule has 0 amide bonds. The van der Waals surface area contributed by atoms with Crippen LogP contribution in [0.25, 0.3) is 0 Å². The van der Waals surface area contributed by atoms with Crippen LogP contribution in [-0.4, -0.2) is 23.9 Å². The molecule has 1 aromatic rings. The molecule has 2 aliphatic carbocycles. The predicted octanol–water partition coefficient (Wildman–Crippen LogP) is 3.58. The fourth-order valence-corrected chi connectivity index (χ4v) is 4.04. The monoisotopic (exact) mass is 275 g/mol. The number of nitrogens with one attached hydrogen (secondary N) is 1. The summed E-state index contributed by atoms with van der Waals surface area (Å²) in [6.45, 7) is 0. The summed E-state index contributed by atoms with van der Waals surface area (Å²) in [7, 11) is 1.68. The number of benzene rings is 1. The van der Waals surface area contributed by atoms with E-state index in [0.717, 1.165) is 30.7 Å². The van der Waals surface area contributed by atoms with Crippen LogP contribution in [0.15, 0.2) is 24.3 Å². The molecule has 0 saturated heterocycles. The minimum atomic E-state index is -0.514. The van der Waals surface area contributed by atoms with Crippen LogP contribution in [0.1, 0.15) is 44.9 Å². The number of aliphatic hydroxyl groups is 1. The van der Waals surface area contributed by atoms with Crippen molar-refractivity contribution in [1.82, 2.24) is 0 Å².